The first-order valence-electron chi connectivity index (χ1n) is 5.21. The number of halogens is 2. The van der Waals surface area contributed by atoms with E-state index in [9.17, 15) is 4.79 Å². The van der Waals surface area contributed by atoms with Crippen LogP contribution in [0.1, 0.15) is 20.8 Å². The Morgan fingerprint density at radius 3 is 2.79 bits per heavy atom. The molecule has 0 fully saturated rings. The fourth-order valence-electron chi connectivity index (χ4n) is 1.40. The van der Waals surface area contributed by atoms with Gasteiger partial charge in [0, 0.05) is 4.47 Å². The van der Waals surface area contributed by atoms with Crippen LogP contribution in [-0.2, 0) is 11.3 Å². The van der Waals surface area contributed by atoms with Crippen LogP contribution in [0.25, 0.3) is 0 Å². The molecule has 1 heterocycles. The predicted molar refractivity (Wildman–Crippen MR) is 80.0 cm³/mol. The highest BCUT2D eigenvalue weighted by atomic mass is 79.9. The van der Waals surface area contributed by atoms with Crippen LogP contribution in [0, 0.1) is 11.3 Å². The van der Waals surface area contributed by atoms with E-state index in [1.807, 2.05) is 12.1 Å². The molecule has 3 nitrogen and oxygen atoms in total. The van der Waals surface area contributed by atoms with Crippen molar-refractivity contribution in [2.24, 2.45) is 0 Å². The van der Waals surface area contributed by atoms with Gasteiger partial charge in [-0.15, -0.1) is 11.3 Å². The Kier molecular flexibility index (Phi) is 4.75. The molecular formula is C13H7Br2NO2S. The van der Waals surface area contributed by atoms with Crippen molar-refractivity contribution in [2.75, 3.05) is 0 Å². The van der Waals surface area contributed by atoms with E-state index in [1.165, 1.54) is 11.3 Å². The summed E-state index contributed by atoms with van der Waals surface area (Å²) in [6.07, 6.45) is 0. The number of thiophene rings is 1. The van der Waals surface area contributed by atoms with Gasteiger partial charge in [-0.25, -0.2) is 4.79 Å². The van der Waals surface area contributed by atoms with Gasteiger partial charge in [-0.05, 0) is 55.6 Å². The second-order valence-electron chi connectivity index (χ2n) is 3.62. The van der Waals surface area contributed by atoms with Gasteiger partial charge in [0.2, 0.25) is 0 Å². The second-order valence-corrected chi connectivity index (χ2v) is 6.85. The fourth-order valence-corrected chi connectivity index (χ4v) is 3.33. The largest absolute Gasteiger partial charge is 0.457 e. The van der Waals surface area contributed by atoms with E-state index < -0.39 is 0 Å². The molecule has 0 aliphatic carbocycles. The lowest BCUT2D eigenvalue weighted by atomic mass is 10.1. The average Bonchev–Trinajstić information content (AvgIpc) is 2.76. The molecule has 0 spiro atoms. The molecule has 19 heavy (non-hydrogen) atoms. The van der Waals surface area contributed by atoms with Crippen LogP contribution < -0.4 is 0 Å². The SMILES string of the molecule is N#Cc1cccc(COC(=O)c2cc(Br)c(Br)s2)c1. The Labute approximate surface area is 131 Å². The monoisotopic (exact) mass is 399 g/mol. The third-order valence-electron chi connectivity index (χ3n) is 2.27. The lowest BCUT2D eigenvalue weighted by Gasteiger charge is -2.03. The number of esters is 1. The molecule has 96 valence electrons. The summed E-state index contributed by atoms with van der Waals surface area (Å²) >= 11 is 7.95. The summed E-state index contributed by atoms with van der Waals surface area (Å²) in [6.45, 7) is 0.154. The Bertz CT molecular complexity index is 641. The zero-order valence-corrected chi connectivity index (χ0v) is 13.5. The first kappa shape index (κ1) is 14.3. The van der Waals surface area contributed by atoms with Crippen molar-refractivity contribution in [3.8, 4) is 6.07 Å². The van der Waals surface area contributed by atoms with Gasteiger partial charge in [-0.2, -0.15) is 5.26 Å². The van der Waals surface area contributed by atoms with Crippen molar-refractivity contribution in [3.05, 3.63) is 54.6 Å². The van der Waals surface area contributed by atoms with Crippen LogP contribution in [-0.4, -0.2) is 5.97 Å². The molecule has 0 radical (unpaired) electrons. The van der Waals surface area contributed by atoms with Gasteiger partial charge in [0.15, 0.2) is 0 Å². The average molecular weight is 401 g/mol. The van der Waals surface area contributed by atoms with Crippen molar-refractivity contribution in [1.29, 1.82) is 5.26 Å². The van der Waals surface area contributed by atoms with Gasteiger partial charge in [0.25, 0.3) is 0 Å². The molecular weight excluding hydrogens is 394 g/mol. The van der Waals surface area contributed by atoms with Crippen LogP contribution in [0.15, 0.2) is 38.6 Å². The minimum atomic E-state index is -0.376. The van der Waals surface area contributed by atoms with Gasteiger partial charge in [-0.1, -0.05) is 12.1 Å². The van der Waals surface area contributed by atoms with E-state index in [0.29, 0.717) is 10.4 Å². The van der Waals surface area contributed by atoms with E-state index >= 15 is 0 Å². The minimum absolute atomic E-state index is 0.154. The maximum atomic E-state index is 11.8. The number of ether oxygens (including phenoxy) is 1. The molecule has 0 bridgehead atoms. The van der Waals surface area contributed by atoms with Crippen molar-refractivity contribution in [1.82, 2.24) is 0 Å². The highest BCUT2D eigenvalue weighted by Gasteiger charge is 2.13. The number of benzene rings is 1. The third-order valence-corrected chi connectivity index (χ3v) is 5.51. The molecule has 2 rings (SSSR count). The van der Waals surface area contributed by atoms with E-state index in [4.69, 9.17) is 10.00 Å². The lowest BCUT2D eigenvalue weighted by Crippen LogP contribution is -2.03. The smallest absolute Gasteiger partial charge is 0.348 e. The molecule has 0 unspecified atom stereocenters. The van der Waals surface area contributed by atoms with Gasteiger partial charge in [-0.3, -0.25) is 0 Å². The minimum Gasteiger partial charge on any atom is -0.457 e. The van der Waals surface area contributed by atoms with Crippen LogP contribution in [0.2, 0.25) is 0 Å². The van der Waals surface area contributed by atoms with Crippen molar-refractivity contribution >= 4 is 49.2 Å². The van der Waals surface area contributed by atoms with Gasteiger partial charge < -0.3 is 4.74 Å². The zero-order valence-electron chi connectivity index (χ0n) is 9.52. The fraction of sp³-hybridized carbons (Fsp3) is 0.0769. The number of nitrogens with zero attached hydrogens (tertiary/aromatic N) is 1. The van der Waals surface area contributed by atoms with Crippen LogP contribution in [0.5, 0.6) is 0 Å². The predicted octanol–water partition coefficient (Wildman–Crippen LogP) is 4.50. The molecule has 2 aromatic rings. The Hall–Kier alpha value is -1.16. The zero-order chi connectivity index (χ0) is 13.8. The summed E-state index contributed by atoms with van der Waals surface area (Å²) in [7, 11) is 0. The molecule has 0 N–H and O–H groups in total. The molecule has 1 aromatic heterocycles. The summed E-state index contributed by atoms with van der Waals surface area (Å²) in [5.41, 5.74) is 1.34. The Morgan fingerprint density at radius 1 is 1.37 bits per heavy atom. The molecule has 6 heteroatoms. The molecule has 0 atom stereocenters. The highest BCUT2D eigenvalue weighted by molar-refractivity contribution is 9.13. The van der Waals surface area contributed by atoms with E-state index in [2.05, 4.69) is 31.9 Å². The number of carbonyl (C=O) groups excluding carboxylic acids is 1. The van der Waals surface area contributed by atoms with Crippen LogP contribution in [0.4, 0.5) is 0 Å². The summed E-state index contributed by atoms with van der Waals surface area (Å²) in [5, 5.41) is 8.78. The number of hydrogen-bond donors (Lipinski definition) is 0. The van der Waals surface area contributed by atoms with Crippen molar-refractivity contribution in [3.63, 3.8) is 0 Å². The molecule has 0 aliphatic rings. The summed E-state index contributed by atoms with van der Waals surface area (Å²) in [6, 6.07) is 10.7. The molecule has 0 saturated carbocycles. The van der Waals surface area contributed by atoms with Crippen molar-refractivity contribution < 1.29 is 9.53 Å². The lowest BCUT2D eigenvalue weighted by molar-refractivity contribution is 0.0478. The highest BCUT2D eigenvalue weighted by Crippen LogP contribution is 2.32. The number of nitriles is 1. The third kappa shape index (κ3) is 3.66. The molecule has 0 amide bonds. The van der Waals surface area contributed by atoms with Crippen molar-refractivity contribution in [2.45, 2.75) is 6.61 Å². The topological polar surface area (TPSA) is 50.1 Å². The first-order valence-corrected chi connectivity index (χ1v) is 7.61. The Morgan fingerprint density at radius 2 is 2.16 bits per heavy atom. The van der Waals surface area contributed by atoms with Crippen LogP contribution in [0.3, 0.4) is 0 Å². The molecule has 0 aliphatic heterocycles. The summed E-state index contributed by atoms with van der Waals surface area (Å²) in [5.74, 6) is -0.376. The maximum absolute atomic E-state index is 11.8. The number of rotatable bonds is 3. The summed E-state index contributed by atoms with van der Waals surface area (Å²) in [4.78, 5) is 12.3. The quantitative estimate of drug-likeness (QED) is 0.712. The first-order chi connectivity index (χ1) is 9.10. The van der Waals surface area contributed by atoms with E-state index in [-0.39, 0.29) is 12.6 Å². The standard InChI is InChI=1S/C13H7Br2NO2S/c14-10-5-11(19-12(10)15)13(17)18-7-9-3-1-2-8(4-9)6-16/h1-5H,7H2. The molecule has 0 saturated heterocycles. The Balaban J connectivity index is 2.02. The number of hydrogen-bond acceptors (Lipinski definition) is 4. The number of carbonyl (C=O) groups is 1. The maximum Gasteiger partial charge on any atom is 0.348 e. The normalized spacial score (nSPS) is 9.95. The van der Waals surface area contributed by atoms with Gasteiger partial charge in [0.05, 0.1) is 15.4 Å². The second kappa shape index (κ2) is 6.33. The van der Waals surface area contributed by atoms with E-state index in [0.717, 1.165) is 13.8 Å². The van der Waals surface area contributed by atoms with Crippen LogP contribution >= 0.6 is 43.2 Å². The van der Waals surface area contributed by atoms with Gasteiger partial charge in [0.1, 0.15) is 11.5 Å². The van der Waals surface area contributed by atoms with E-state index in [1.54, 1.807) is 24.3 Å². The van der Waals surface area contributed by atoms with Gasteiger partial charge >= 0.3 is 5.97 Å². The molecule has 1 aromatic carbocycles. The summed E-state index contributed by atoms with van der Waals surface area (Å²) < 4.78 is 6.88.